The Hall–Kier alpha value is -2.45. The molecule has 156 valence electrons. The van der Waals surface area contributed by atoms with Crippen LogP contribution in [0.1, 0.15) is 35.3 Å². The van der Waals surface area contributed by atoms with Gasteiger partial charge in [0.05, 0.1) is 5.60 Å². The maximum Gasteiger partial charge on any atom is 0.409 e. The van der Waals surface area contributed by atoms with Crippen LogP contribution in [0.5, 0.6) is 0 Å². The summed E-state index contributed by atoms with van der Waals surface area (Å²) in [5.41, 5.74) is 7.44. The zero-order chi connectivity index (χ0) is 21.8. The second-order valence-electron chi connectivity index (χ2n) is 7.26. The van der Waals surface area contributed by atoms with Crippen molar-refractivity contribution >= 4 is 35.1 Å². The predicted molar refractivity (Wildman–Crippen MR) is 112 cm³/mol. The van der Waals surface area contributed by atoms with E-state index in [4.69, 9.17) is 5.73 Å². The minimum absolute atomic E-state index is 0.155. The number of alkyl halides is 3. The summed E-state index contributed by atoms with van der Waals surface area (Å²) < 4.78 is 36.9. The van der Waals surface area contributed by atoms with Crippen molar-refractivity contribution in [2.45, 2.75) is 37.4 Å². The highest BCUT2D eigenvalue weighted by atomic mass is 32.2. The van der Waals surface area contributed by atoms with E-state index in [1.807, 2.05) is 0 Å². The van der Waals surface area contributed by atoms with E-state index < -0.39 is 11.8 Å². The number of rotatable bonds is 6. The molecule has 0 spiro atoms. The third kappa shape index (κ3) is 7.47. The van der Waals surface area contributed by atoms with Crippen LogP contribution < -0.4 is 11.1 Å². The summed E-state index contributed by atoms with van der Waals surface area (Å²) in [6.07, 6.45) is -3.28. The van der Waals surface area contributed by atoms with Crippen LogP contribution in [0.3, 0.4) is 0 Å². The molecule has 0 radical (unpaired) electrons. The molecule has 0 saturated carbocycles. The van der Waals surface area contributed by atoms with Crippen molar-refractivity contribution in [1.29, 1.82) is 0 Å². The highest BCUT2D eigenvalue weighted by Gasteiger charge is 2.22. The molecule has 2 rings (SSSR count). The van der Waals surface area contributed by atoms with Gasteiger partial charge in [0.1, 0.15) is 0 Å². The van der Waals surface area contributed by atoms with E-state index in [0.29, 0.717) is 33.8 Å². The number of hydrogen-bond donors (Lipinski definition) is 3. The largest absolute Gasteiger partial charge is 0.409 e. The lowest BCUT2D eigenvalue weighted by molar-refractivity contribution is -0.0790. The maximum atomic E-state index is 12.5. The van der Waals surface area contributed by atoms with Gasteiger partial charge in [-0.1, -0.05) is 18.2 Å². The Morgan fingerprint density at radius 3 is 2.45 bits per heavy atom. The Morgan fingerprint density at radius 1 is 1.21 bits per heavy atom. The second kappa shape index (κ2) is 8.92. The van der Waals surface area contributed by atoms with Gasteiger partial charge in [-0.2, -0.15) is 13.2 Å². The molecule has 0 heterocycles. The number of amides is 1. The molecule has 8 heteroatoms. The first-order chi connectivity index (χ1) is 13.3. The number of carbonyl (C=O) groups is 1. The molecule has 0 atom stereocenters. The van der Waals surface area contributed by atoms with Crippen LogP contribution in [0, 0.1) is 6.92 Å². The molecule has 0 aliphatic heterocycles. The first kappa shape index (κ1) is 22.8. The summed E-state index contributed by atoms with van der Waals surface area (Å²) in [7, 11) is 0. The molecule has 0 aromatic heterocycles. The van der Waals surface area contributed by atoms with E-state index in [1.165, 1.54) is 30.0 Å². The second-order valence-corrected chi connectivity index (χ2v) is 8.27. The average molecular weight is 424 g/mol. The van der Waals surface area contributed by atoms with Gasteiger partial charge in [-0.15, -0.1) is 11.8 Å². The SMILES string of the molecule is Cc1cc(/C=C/C(F)(F)F)ccc1C(=O)Nc1ccc(SCC(C)(C)O)c(N)c1. The van der Waals surface area contributed by atoms with Gasteiger partial charge in [0.2, 0.25) is 0 Å². The van der Waals surface area contributed by atoms with Gasteiger partial charge < -0.3 is 16.2 Å². The number of benzene rings is 2. The fraction of sp³-hybridized carbons (Fsp3) is 0.286. The number of nitrogens with two attached hydrogens (primary N) is 1. The van der Waals surface area contributed by atoms with Crippen LogP contribution in [-0.2, 0) is 0 Å². The Morgan fingerprint density at radius 2 is 1.90 bits per heavy atom. The van der Waals surface area contributed by atoms with Gasteiger partial charge in [0, 0.05) is 33.7 Å². The van der Waals surface area contributed by atoms with E-state index in [1.54, 1.807) is 39.0 Å². The standard InChI is InChI=1S/C21H23F3N2O2S/c1-13-10-14(8-9-21(22,23)24)4-6-16(13)19(27)26-15-5-7-18(17(25)11-15)29-12-20(2,3)28/h4-11,28H,12,25H2,1-3H3,(H,26,27)/b9-8+. The van der Waals surface area contributed by atoms with Crippen molar-refractivity contribution in [3.05, 3.63) is 59.2 Å². The molecule has 29 heavy (non-hydrogen) atoms. The van der Waals surface area contributed by atoms with Gasteiger partial charge in [-0.25, -0.2) is 0 Å². The highest BCUT2D eigenvalue weighted by molar-refractivity contribution is 7.99. The summed E-state index contributed by atoms with van der Waals surface area (Å²) in [6.45, 7) is 5.07. The number of thioether (sulfide) groups is 1. The van der Waals surface area contributed by atoms with Gasteiger partial charge in [-0.05, 0) is 56.2 Å². The molecule has 4 nitrogen and oxygen atoms in total. The molecule has 0 unspecified atom stereocenters. The van der Waals surface area contributed by atoms with Gasteiger partial charge in [0.25, 0.3) is 5.91 Å². The molecule has 0 fully saturated rings. The number of aryl methyl sites for hydroxylation is 1. The van der Waals surface area contributed by atoms with Crippen LogP contribution >= 0.6 is 11.8 Å². The summed E-state index contributed by atoms with van der Waals surface area (Å²) in [5.74, 6) is 0.0854. The van der Waals surface area contributed by atoms with Crippen LogP contribution in [0.25, 0.3) is 6.08 Å². The Bertz CT molecular complexity index is 919. The normalized spacial score (nSPS) is 12.4. The summed E-state index contributed by atoms with van der Waals surface area (Å²) in [4.78, 5) is 13.3. The number of carbonyl (C=O) groups excluding carboxylic acids is 1. The van der Waals surface area contributed by atoms with Gasteiger partial charge >= 0.3 is 6.18 Å². The number of nitrogens with one attached hydrogen (secondary N) is 1. The van der Waals surface area contributed by atoms with Crippen LogP contribution in [0.2, 0.25) is 0 Å². The Kier molecular flexibility index (Phi) is 7.02. The van der Waals surface area contributed by atoms with Crippen molar-refractivity contribution in [3.63, 3.8) is 0 Å². The summed E-state index contributed by atoms with van der Waals surface area (Å²) in [6, 6.07) is 9.55. The average Bonchev–Trinajstić information content (AvgIpc) is 2.57. The summed E-state index contributed by atoms with van der Waals surface area (Å²) >= 11 is 1.41. The van der Waals surface area contributed by atoms with Crippen LogP contribution in [-0.4, -0.2) is 28.5 Å². The number of aliphatic hydroxyl groups is 1. The van der Waals surface area contributed by atoms with Crippen molar-refractivity contribution in [1.82, 2.24) is 0 Å². The van der Waals surface area contributed by atoms with Gasteiger partial charge in [-0.3, -0.25) is 4.79 Å². The number of hydrogen-bond acceptors (Lipinski definition) is 4. The third-order valence-electron chi connectivity index (χ3n) is 3.81. The predicted octanol–water partition coefficient (Wildman–Crippen LogP) is 5.27. The molecule has 4 N–H and O–H groups in total. The zero-order valence-electron chi connectivity index (χ0n) is 16.3. The molecule has 0 aliphatic rings. The van der Waals surface area contributed by atoms with Crippen LogP contribution in [0.15, 0.2) is 47.4 Å². The maximum absolute atomic E-state index is 12.5. The lowest BCUT2D eigenvalue weighted by atomic mass is 10.0. The molecule has 2 aromatic carbocycles. The van der Waals surface area contributed by atoms with E-state index in [2.05, 4.69) is 5.32 Å². The monoisotopic (exact) mass is 424 g/mol. The molecule has 2 aromatic rings. The molecule has 0 aliphatic carbocycles. The molecule has 0 saturated heterocycles. The molecular weight excluding hydrogens is 401 g/mol. The minimum Gasteiger partial charge on any atom is -0.398 e. The lowest BCUT2D eigenvalue weighted by Gasteiger charge is -2.17. The van der Waals surface area contributed by atoms with E-state index >= 15 is 0 Å². The van der Waals surface area contributed by atoms with Crippen molar-refractivity contribution < 1.29 is 23.1 Å². The first-order valence-corrected chi connectivity index (χ1v) is 9.75. The smallest absolute Gasteiger partial charge is 0.398 e. The molecule has 1 amide bonds. The molecular formula is C21H23F3N2O2S. The lowest BCUT2D eigenvalue weighted by Crippen LogP contribution is -2.21. The third-order valence-corrected chi connectivity index (χ3v) is 5.34. The number of halogens is 3. The quantitative estimate of drug-likeness (QED) is 0.436. The van der Waals surface area contributed by atoms with Crippen molar-refractivity contribution in [2.24, 2.45) is 0 Å². The number of anilines is 2. The first-order valence-electron chi connectivity index (χ1n) is 8.77. The Labute approximate surface area is 172 Å². The number of nitrogen functional groups attached to an aromatic ring is 1. The topological polar surface area (TPSA) is 75.3 Å². The zero-order valence-corrected chi connectivity index (χ0v) is 17.1. The fourth-order valence-corrected chi connectivity index (χ4v) is 3.35. The highest BCUT2D eigenvalue weighted by Crippen LogP contribution is 2.30. The fourth-order valence-electron chi connectivity index (χ4n) is 2.45. The van der Waals surface area contributed by atoms with Gasteiger partial charge in [0.15, 0.2) is 0 Å². The van der Waals surface area contributed by atoms with E-state index in [9.17, 15) is 23.1 Å². The van der Waals surface area contributed by atoms with Crippen molar-refractivity contribution in [2.75, 3.05) is 16.8 Å². The summed E-state index contributed by atoms with van der Waals surface area (Å²) in [5, 5.41) is 12.5. The Balaban J connectivity index is 2.10. The van der Waals surface area contributed by atoms with Crippen LogP contribution in [0.4, 0.5) is 24.5 Å². The number of allylic oxidation sites excluding steroid dienone is 1. The minimum atomic E-state index is -4.39. The van der Waals surface area contributed by atoms with E-state index in [0.717, 1.165) is 11.0 Å². The van der Waals surface area contributed by atoms with Crippen molar-refractivity contribution in [3.8, 4) is 0 Å². The van der Waals surface area contributed by atoms with E-state index in [-0.39, 0.29) is 12.0 Å². The molecule has 0 bridgehead atoms.